The first-order chi connectivity index (χ1) is 9.21. The third kappa shape index (κ3) is 3.93. The van der Waals surface area contributed by atoms with E-state index in [1.54, 1.807) is 18.2 Å². The summed E-state index contributed by atoms with van der Waals surface area (Å²) in [7, 11) is 0. The number of aromatic nitrogens is 1. The molecule has 0 amide bonds. The summed E-state index contributed by atoms with van der Waals surface area (Å²) in [5.74, 6) is 1.18. The molecule has 2 nitrogen and oxygen atoms in total. The van der Waals surface area contributed by atoms with Crippen LogP contribution in [-0.2, 0) is 12.3 Å². The number of halogens is 2. The lowest BCUT2D eigenvalue weighted by molar-refractivity contribution is 0.458. The Morgan fingerprint density at radius 1 is 1.21 bits per heavy atom. The van der Waals surface area contributed by atoms with E-state index in [1.807, 2.05) is 6.07 Å². The van der Waals surface area contributed by atoms with Crippen molar-refractivity contribution >= 4 is 11.6 Å². The minimum atomic E-state index is -0.290. The fourth-order valence-electron chi connectivity index (χ4n) is 1.76. The molecule has 4 heteroatoms. The molecule has 0 saturated carbocycles. The summed E-state index contributed by atoms with van der Waals surface area (Å²) >= 11 is 5.86. The van der Waals surface area contributed by atoms with Crippen LogP contribution in [0.3, 0.4) is 0 Å². The molecule has 0 saturated heterocycles. The van der Waals surface area contributed by atoms with Crippen LogP contribution in [0.2, 0.25) is 0 Å². The van der Waals surface area contributed by atoms with Crippen LogP contribution in [0.15, 0.2) is 36.4 Å². The van der Waals surface area contributed by atoms with E-state index in [9.17, 15) is 4.39 Å². The van der Waals surface area contributed by atoms with E-state index >= 15 is 0 Å². The third-order valence-corrected chi connectivity index (χ3v) is 2.92. The summed E-state index contributed by atoms with van der Waals surface area (Å²) in [5.41, 5.74) is 1.93. The Bertz CT molecular complexity index is 542. The van der Waals surface area contributed by atoms with Gasteiger partial charge >= 0.3 is 0 Å². The third-order valence-electron chi connectivity index (χ3n) is 2.61. The fourth-order valence-corrected chi connectivity index (χ4v) is 1.91. The summed E-state index contributed by atoms with van der Waals surface area (Å²) in [6.07, 6.45) is 1.89. The zero-order chi connectivity index (χ0) is 13.7. The van der Waals surface area contributed by atoms with Gasteiger partial charge < -0.3 is 4.74 Å². The molecule has 0 radical (unpaired) electrons. The molecular weight excluding hydrogens is 265 g/mol. The topological polar surface area (TPSA) is 22.1 Å². The zero-order valence-electron chi connectivity index (χ0n) is 10.7. The van der Waals surface area contributed by atoms with Crippen LogP contribution < -0.4 is 4.74 Å². The molecule has 0 aliphatic carbocycles. The van der Waals surface area contributed by atoms with E-state index in [-0.39, 0.29) is 5.82 Å². The van der Waals surface area contributed by atoms with E-state index in [1.165, 1.54) is 12.1 Å². The van der Waals surface area contributed by atoms with Crippen LogP contribution in [0.1, 0.15) is 24.6 Å². The molecule has 0 bridgehead atoms. The molecule has 1 heterocycles. The van der Waals surface area contributed by atoms with Gasteiger partial charge in [-0.15, -0.1) is 11.6 Å². The SMILES string of the molecule is CCCc1cc(CCl)cc(Oc2ccc(F)cc2)n1. The van der Waals surface area contributed by atoms with Gasteiger partial charge in [-0.25, -0.2) is 9.37 Å². The number of pyridine rings is 1. The van der Waals surface area contributed by atoms with Gasteiger partial charge in [0.05, 0.1) is 0 Å². The number of benzene rings is 1. The maximum absolute atomic E-state index is 12.8. The van der Waals surface area contributed by atoms with Crippen molar-refractivity contribution in [3.05, 3.63) is 53.5 Å². The molecule has 0 unspecified atom stereocenters. The van der Waals surface area contributed by atoms with Gasteiger partial charge in [0, 0.05) is 17.6 Å². The first kappa shape index (κ1) is 13.8. The largest absolute Gasteiger partial charge is 0.439 e. The van der Waals surface area contributed by atoms with E-state index < -0.39 is 0 Å². The highest BCUT2D eigenvalue weighted by Crippen LogP contribution is 2.22. The Labute approximate surface area is 117 Å². The second kappa shape index (κ2) is 6.53. The van der Waals surface area contributed by atoms with Gasteiger partial charge in [0.1, 0.15) is 11.6 Å². The number of ether oxygens (including phenoxy) is 1. The molecule has 0 N–H and O–H groups in total. The van der Waals surface area contributed by atoms with Crippen LogP contribution in [0.5, 0.6) is 11.6 Å². The molecule has 100 valence electrons. The summed E-state index contributed by atoms with van der Waals surface area (Å²) in [6, 6.07) is 9.64. The van der Waals surface area contributed by atoms with Gasteiger partial charge in [-0.2, -0.15) is 0 Å². The van der Waals surface area contributed by atoms with E-state index in [2.05, 4.69) is 11.9 Å². The van der Waals surface area contributed by atoms with Crippen LogP contribution >= 0.6 is 11.6 Å². The van der Waals surface area contributed by atoms with Crippen LogP contribution in [-0.4, -0.2) is 4.98 Å². The zero-order valence-corrected chi connectivity index (χ0v) is 11.5. The molecule has 1 aromatic carbocycles. The maximum Gasteiger partial charge on any atom is 0.219 e. The molecule has 0 aliphatic heterocycles. The van der Waals surface area contributed by atoms with Gasteiger partial charge in [-0.05, 0) is 42.3 Å². The first-order valence-electron chi connectivity index (χ1n) is 6.20. The normalized spacial score (nSPS) is 10.5. The van der Waals surface area contributed by atoms with Crippen molar-refractivity contribution in [3.63, 3.8) is 0 Å². The Morgan fingerprint density at radius 3 is 2.58 bits per heavy atom. The molecular formula is C15H15ClFNO. The summed E-state index contributed by atoms with van der Waals surface area (Å²) in [5, 5.41) is 0. The Morgan fingerprint density at radius 2 is 1.95 bits per heavy atom. The highest BCUT2D eigenvalue weighted by Gasteiger charge is 2.05. The second-order valence-corrected chi connectivity index (χ2v) is 4.51. The molecule has 0 aliphatic rings. The molecule has 19 heavy (non-hydrogen) atoms. The number of aryl methyl sites for hydroxylation is 1. The predicted octanol–water partition coefficient (Wildman–Crippen LogP) is 4.70. The van der Waals surface area contributed by atoms with Crippen LogP contribution in [0, 0.1) is 5.82 Å². The van der Waals surface area contributed by atoms with Crippen molar-refractivity contribution in [1.82, 2.24) is 4.98 Å². The smallest absolute Gasteiger partial charge is 0.219 e. The lowest BCUT2D eigenvalue weighted by Crippen LogP contribution is -1.96. The highest BCUT2D eigenvalue weighted by atomic mass is 35.5. The quantitative estimate of drug-likeness (QED) is 0.740. The van der Waals surface area contributed by atoms with Crippen molar-refractivity contribution in [2.75, 3.05) is 0 Å². The van der Waals surface area contributed by atoms with Crippen molar-refractivity contribution in [2.45, 2.75) is 25.6 Å². The predicted molar refractivity (Wildman–Crippen MR) is 74.3 cm³/mol. The number of hydrogen-bond donors (Lipinski definition) is 0. The number of alkyl halides is 1. The van der Waals surface area contributed by atoms with Crippen molar-refractivity contribution < 1.29 is 9.13 Å². The van der Waals surface area contributed by atoms with Crippen molar-refractivity contribution in [1.29, 1.82) is 0 Å². The summed E-state index contributed by atoms with van der Waals surface area (Å²) in [4.78, 5) is 4.41. The number of hydrogen-bond acceptors (Lipinski definition) is 2. The monoisotopic (exact) mass is 279 g/mol. The van der Waals surface area contributed by atoms with E-state index in [4.69, 9.17) is 16.3 Å². The van der Waals surface area contributed by atoms with Crippen LogP contribution in [0.25, 0.3) is 0 Å². The molecule has 1 aromatic heterocycles. The summed E-state index contributed by atoms with van der Waals surface area (Å²) in [6.45, 7) is 2.09. The van der Waals surface area contributed by atoms with Crippen LogP contribution in [0.4, 0.5) is 4.39 Å². The van der Waals surface area contributed by atoms with Gasteiger partial charge in [-0.1, -0.05) is 13.3 Å². The lowest BCUT2D eigenvalue weighted by Gasteiger charge is -2.08. The molecule has 0 atom stereocenters. The number of nitrogens with zero attached hydrogens (tertiary/aromatic N) is 1. The lowest BCUT2D eigenvalue weighted by atomic mass is 10.2. The van der Waals surface area contributed by atoms with Gasteiger partial charge in [0.15, 0.2) is 0 Å². The van der Waals surface area contributed by atoms with Crippen molar-refractivity contribution in [3.8, 4) is 11.6 Å². The fraction of sp³-hybridized carbons (Fsp3) is 0.267. The highest BCUT2D eigenvalue weighted by molar-refractivity contribution is 6.17. The maximum atomic E-state index is 12.8. The Balaban J connectivity index is 2.23. The Hall–Kier alpha value is -1.61. The minimum Gasteiger partial charge on any atom is -0.439 e. The molecule has 2 rings (SSSR count). The van der Waals surface area contributed by atoms with E-state index in [0.29, 0.717) is 17.5 Å². The second-order valence-electron chi connectivity index (χ2n) is 4.24. The Kier molecular flexibility index (Phi) is 4.74. The van der Waals surface area contributed by atoms with Gasteiger partial charge in [-0.3, -0.25) is 0 Å². The molecule has 2 aromatic rings. The van der Waals surface area contributed by atoms with Gasteiger partial charge in [0.2, 0.25) is 5.88 Å². The first-order valence-corrected chi connectivity index (χ1v) is 6.74. The average Bonchev–Trinajstić information content (AvgIpc) is 2.41. The summed E-state index contributed by atoms with van der Waals surface area (Å²) < 4.78 is 18.4. The standard InChI is InChI=1S/C15H15ClFNO/c1-2-3-13-8-11(10-16)9-15(18-13)19-14-6-4-12(17)5-7-14/h4-9H,2-3,10H2,1H3. The molecule has 0 spiro atoms. The van der Waals surface area contributed by atoms with Gasteiger partial charge in [0.25, 0.3) is 0 Å². The van der Waals surface area contributed by atoms with E-state index in [0.717, 1.165) is 24.1 Å². The average molecular weight is 280 g/mol. The minimum absolute atomic E-state index is 0.290. The molecule has 0 fully saturated rings. The number of rotatable bonds is 5. The van der Waals surface area contributed by atoms with Crippen molar-refractivity contribution in [2.24, 2.45) is 0 Å².